The molecule has 2 rings (SSSR count). The van der Waals surface area contributed by atoms with Crippen molar-refractivity contribution in [2.45, 2.75) is 12.8 Å². The van der Waals surface area contributed by atoms with Gasteiger partial charge in [0.15, 0.2) is 0 Å². The second kappa shape index (κ2) is 6.48. The summed E-state index contributed by atoms with van der Waals surface area (Å²) in [6.45, 7) is 0. The van der Waals surface area contributed by atoms with E-state index in [4.69, 9.17) is 16.3 Å². The first kappa shape index (κ1) is 14.5. The Bertz CT molecular complexity index is 614. The lowest BCUT2D eigenvalue weighted by molar-refractivity contribution is -0.117. The van der Waals surface area contributed by atoms with Crippen LogP contribution in [0.1, 0.15) is 11.1 Å². The number of hydrogen-bond donors (Lipinski definition) is 0. The van der Waals surface area contributed by atoms with Crippen LogP contribution in [0.5, 0.6) is 5.88 Å². The molecule has 0 saturated heterocycles. The monoisotopic (exact) mass is 293 g/mol. The van der Waals surface area contributed by atoms with Gasteiger partial charge in [-0.15, -0.1) is 0 Å². The summed E-state index contributed by atoms with van der Waals surface area (Å²) in [5.74, 6) is -0.143. The topological polar surface area (TPSA) is 39.2 Å². The lowest BCUT2D eigenvalue weighted by Crippen LogP contribution is -2.08. The predicted molar refractivity (Wildman–Crippen MR) is 74.6 cm³/mol. The summed E-state index contributed by atoms with van der Waals surface area (Å²) in [5.41, 5.74) is 1.07. The molecule has 1 heterocycles. The van der Waals surface area contributed by atoms with Gasteiger partial charge in [-0.1, -0.05) is 29.8 Å². The van der Waals surface area contributed by atoms with E-state index in [1.54, 1.807) is 30.5 Å². The van der Waals surface area contributed by atoms with Gasteiger partial charge < -0.3 is 4.74 Å². The lowest BCUT2D eigenvalue weighted by Gasteiger charge is -2.05. The van der Waals surface area contributed by atoms with Crippen LogP contribution in [0.2, 0.25) is 5.02 Å². The van der Waals surface area contributed by atoms with E-state index in [-0.39, 0.29) is 23.6 Å². The summed E-state index contributed by atoms with van der Waals surface area (Å²) in [6.07, 6.45) is 1.78. The molecular weight excluding hydrogens is 281 g/mol. The molecule has 5 heteroatoms. The number of nitrogens with zero attached hydrogens (tertiary/aromatic N) is 1. The molecule has 0 fully saturated rings. The van der Waals surface area contributed by atoms with Crippen molar-refractivity contribution < 1.29 is 13.9 Å². The van der Waals surface area contributed by atoms with Crippen molar-refractivity contribution in [3.63, 3.8) is 0 Å². The highest BCUT2D eigenvalue weighted by atomic mass is 35.5. The molecule has 0 aliphatic carbocycles. The molecule has 0 bridgehead atoms. The van der Waals surface area contributed by atoms with E-state index in [1.807, 2.05) is 0 Å². The molecule has 0 aliphatic heterocycles. The minimum absolute atomic E-state index is 0.0123. The number of hydrogen-bond acceptors (Lipinski definition) is 3. The third-order valence-electron chi connectivity index (χ3n) is 2.83. The summed E-state index contributed by atoms with van der Waals surface area (Å²) in [4.78, 5) is 16.0. The molecule has 1 aromatic carbocycles. The first-order chi connectivity index (χ1) is 9.60. The lowest BCUT2D eigenvalue weighted by atomic mass is 10.0. The maximum absolute atomic E-state index is 13.7. The van der Waals surface area contributed by atoms with Crippen molar-refractivity contribution in [2.75, 3.05) is 7.11 Å². The molecule has 0 atom stereocenters. The summed E-state index contributed by atoms with van der Waals surface area (Å²) >= 11 is 5.68. The maximum Gasteiger partial charge on any atom is 0.212 e. The Morgan fingerprint density at radius 2 is 2.10 bits per heavy atom. The molecule has 0 N–H and O–H groups in total. The van der Waals surface area contributed by atoms with Crippen molar-refractivity contribution in [1.82, 2.24) is 4.98 Å². The van der Waals surface area contributed by atoms with Crippen LogP contribution in [0, 0.1) is 5.82 Å². The van der Waals surface area contributed by atoms with E-state index in [1.165, 1.54) is 13.2 Å². The summed E-state index contributed by atoms with van der Waals surface area (Å²) in [6, 6.07) is 8.09. The molecule has 1 aromatic heterocycles. The Morgan fingerprint density at radius 3 is 2.75 bits per heavy atom. The van der Waals surface area contributed by atoms with Crippen LogP contribution < -0.4 is 4.74 Å². The number of rotatable bonds is 5. The molecule has 0 aliphatic rings. The van der Waals surface area contributed by atoms with Crippen molar-refractivity contribution in [3.05, 3.63) is 58.5 Å². The third kappa shape index (κ3) is 3.54. The second-order valence-electron chi connectivity index (χ2n) is 4.31. The van der Waals surface area contributed by atoms with Gasteiger partial charge in [-0.3, -0.25) is 4.79 Å². The molecule has 0 amide bonds. The van der Waals surface area contributed by atoms with E-state index in [0.717, 1.165) is 5.56 Å². The molecular formula is C15H13ClFNO2. The zero-order valence-electron chi connectivity index (χ0n) is 10.9. The fourth-order valence-electron chi connectivity index (χ4n) is 1.82. The van der Waals surface area contributed by atoms with E-state index in [2.05, 4.69) is 4.98 Å². The van der Waals surface area contributed by atoms with Crippen LogP contribution in [0.15, 0.2) is 36.5 Å². The number of carbonyl (C=O) groups is 1. The molecule has 0 unspecified atom stereocenters. The predicted octanol–water partition coefficient (Wildman–Crippen LogP) is 3.24. The Labute approximate surface area is 121 Å². The van der Waals surface area contributed by atoms with Gasteiger partial charge in [0.2, 0.25) is 5.88 Å². The minimum atomic E-state index is -0.532. The Kier molecular flexibility index (Phi) is 4.69. The molecule has 2 aromatic rings. The molecule has 0 saturated carbocycles. The van der Waals surface area contributed by atoms with Crippen LogP contribution >= 0.6 is 11.6 Å². The number of Topliss-reactive ketones (excluding diaryl/α,β-unsaturated/α-hetero) is 1. The fraction of sp³-hybridized carbons (Fsp3) is 0.200. The molecule has 104 valence electrons. The normalized spacial score (nSPS) is 10.3. The van der Waals surface area contributed by atoms with E-state index >= 15 is 0 Å². The number of ether oxygens (including phenoxy) is 1. The molecule has 20 heavy (non-hydrogen) atoms. The van der Waals surface area contributed by atoms with Crippen LogP contribution in [-0.4, -0.2) is 17.9 Å². The van der Waals surface area contributed by atoms with Crippen molar-refractivity contribution in [1.29, 1.82) is 0 Å². The second-order valence-corrected chi connectivity index (χ2v) is 4.72. The highest BCUT2D eigenvalue weighted by molar-refractivity contribution is 6.30. The fourth-order valence-corrected chi connectivity index (χ4v) is 2.02. The standard InChI is InChI=1S/C15H13ClFNO2/c1-20-14-6-5-10(9-18-14)7-12(19)8-11-3-2-4-13(16)15(11)17/h2-6,9H,7-8H2,1H3. The number of ketones is 1. The highest BCUT2D eigenvalue weighted by Crippen LogP contribution is 2.19. The third-order valence-corrected chi connectivity index (χ3v) is 3.12. The summed E-state index contributed by atoms with van der Waals surface area (Å²) in [5, 5.41) is 0.0291. The number of benzene rings is 1. The largest absolute Gasteiger partial charge is 0.481 e. The molecule has 0 radical (unpaired) electrons. The quantitative estimate of drug-likeness (QED) is 0.849. The first-order valence-corrected chi connectivity index (χ1v) is 6.41. The number of halogens is 2. The van der Waals surface area contributed by atoms with Crippen LogP contribution in [0.3, 0.4) is 0 Å². The smallest absolute Gasteiger partial charge is 0.212 e. The Balaban J connectivity index is 2.03. The van der Waals surface area contributed by atoms with Gasteiger partial charge >= 0.3 is 0 Å². The van der Waals surface area contributed by atoms with Gasteiger partial charge in [0.25, 0.3) is 0 Å². The van der Waals surface area contributed by atoms with Gasteiger partial charge in [-0.2, -0.15) is 0 Å². The molecule has 0 spiro atoms. The number of carbonyl (C=O) groups excluding carboxylic acids is 1. The zero-order chi connectivity index (χ0) is 14.5. The van der Waals surface area contributed by atoms with Crippen molar-refractivity contribution >= 4 is 17.4 Å². The van der Waals surface area contributed by atoms with Crippen LogP contribution in [0.4, 0.5) is 4.39 Å². The average molecular weight is 294 g/mol. The summed E-state index contributed by atoms with van der Waals surface area (Å²) in [7, 11) is 1.52. The van der Waals surface area contributed by atoms with E-state index in [9.17, 15) is 9.18 Å². The van der Waals surface area contributed by atoms with Crippen molar-refractivity contribution in [3.8, 4) is 5.88 Å². The maximum atomic E-state index is 13.7. The highest BCUT2D eigenvalue weighted by Gasteiger charge is 2.11. The van der Waals surface area contributed by atoms with Gasteiger partial charge in [-0.25, -0.2) is 9.37 Å². The van der Waals surface area contributed by atoms with E-state index < -0.39 is 5.82 Å². The Morgan fingerprint density at radius 1 is 1.30 bits per heavy atom. The number of methoxy groups -OCH3 is 1. The first-order valence-electron chi connectivity index (χ1n) is 6.03. The van der Waals surface area contributed by atoms with Crippen molar-refractivity contribution in [2.24, 2.45) is 0 Å². The summed E-state index contributed by atoms with van der Waals surface area (Å²) < 4.78 is 18.6. The van der Waals surface area contributed by atoms with Crippen LogP contribution in [-0.2, 0) is 17.6 Å². The van der Waals surface area contributed by atoms with E-state index in [0.29, 0.717) is 11.4 Å². The zero-order valence-corrected chi connectivity index (χ0v) is 11.7. The number of pyridine rings is 1. The van der Waals surface area contributed by atoms with Gasteiger partial charge in [-0.05, 0) is 17.2 Å². The van der Waals surface area contributed by atoms with Gasteiger partial charge in [0.1, 0.15) is 11.6 Å². The SMILES string of the molecule is COc1ccc(CC(=O)Cc2cccc(Cl)c2F)cn1. The molecule has 3 nitrogen and oxygen atoms in total. The average Bonchev–Trinajstić information content (AvgIpc) is 2.45. The Hall–Kier alpha value is -1.94. The minimum Gasteiger partial charge on any atom is -0.481 e. The van der Waals surface area contributed by atoms with Gasteiger partial charge in [0.05, 0.1) is 12.1 Å². The van der Waals surface area contributed by atoms with Gasteiger partial charge in [0, 0.05) is 25.1 Å². The number of aromatic nitrogens is 1. The van der Waals surface area contributed by atoms with Crippen LogP contribution in [0.25, 0.3) is 0 Å².